The van der Waals surface area contributed by atoms with E-state index in [1.807, 2.05) is 13.0 Å². The predicted molar refractivity (Wildman–Crippen MR) is 62.9 cm³/mol. The molecule has 0 saturated carbocycles. The maximum Gasteiger partial charge on any atom is 0.140 e. The highest BCUT2D eigenvalue weighted by Crippen LogP contribution is 2.38. The largest absolute Gasteiger partial charge is 0.383 e. The Hall–Kier alpha value is -1.16. The number of nitrogens with one attached hydrogen (secondary N) is 1. The monoisotopic (exact) mass is 223 g/mol. The van der Waals surface area contributed by atoms with Crippen molar-refractivity contribution >= 4 is 5.82 Å². The van der Waals surface area contributed by atoms with Gasteiger partial charge >= 0.3 is 0 Å². The van der Waals surface area contributed by atoms with Crippen LogP contribution in [-0.2, 0) is 5.67 Å². The number of nitrogens with two attached hydrogens (primary N) is 1. The average Bonchev–Trinajstić information content (AvgIpc) is 2.48. The van der Waals surface area contributed by atoms with Gasteiger partial charge in [0.2, 0.25) is 0 Å². The predicted octanol–water partition coefficient (Wildman–Crippen LogP) is 1.91. The summed E-state index contributed by atoms with van der Waals surface area (Å²) in [4.78, 5) is 4.05. The van der Waals surface area contributed by atoms with E-state index in [1.165, 1.54) is 0 Å². The zero-order valence-corrected chi connectivity index (χ0v) is 9.59. The number of nitrogen functional groups attached to an aromatic ring is 1. The van der Waals surface area contributed by atoms with Gasteiger partial charge in [-0.05, 0) is 50.9 Å². The van der Waals surface area contributed by atoms with Crippen LogP contribution in [0.2, 0.25) is 0 Å². The van der Waals surface area contributed by atoms with Crippen LogP contribution in [-0.4, -0.2) is 18.1 Å². The quantitative estimate of drug-likeness (QED) is 0.764. The first-order valence-corrected chi connectivity index (χ1v) is 5.74. The molecule has 1 fully saturated rings. The van der Waals surface area contributed by atoms with Crippen LogP contribution in [0.1, 0.15) is 30.4 Å². The molecule has 1 unspecified atom stereocenters. The Morgan fingerprint density at radius 3 is 3.06 bits per heavy atom. The van der Waals surface area contributed by atoms with Gasteiger partial charge in [-0.2, -0.15) is 0 Å². The number of nitrogens with zero attached hydrogens (tertiary/aromatic N) is 1. The summed E-state index contributed by atoms with van der Waals surface area (Å²) in [5.41, 5.74) is 5.99. The van der Waals surface area contributed by atoms with E-state index in [2.05, 4.69) is 10.3 Å². The summed E-state index contributed by atoms with van der Waals surface area (Å²) in [5, 5.41) is 3.21. The van der Waals surface area contributed by atoms with Crippen LogP contribution in [0.15, 0.2) is 12.3 Å². The van der Waals surface area contributed by atoms with Crippen LogP contribution in [0.4, 0.5) is 10.2 Å². The van der Waals surface area contributed by atoms with Gasteiger partial charge in [0.25, 0.3) is 0 Å². The number of alkyl halides is 1. The van der Waals surface area contributed by atoms with Crippen molar-refractivity contribution in [2.45, 2.75) is 31.9 Å². The number of hydrogen-bond acceptors (Lipinski definition) is 3. The highest BCUT2D eigenvalue weighted by molar-refractivity contribution is 5.45. The lowest BCUT2D eigenvalue weighted by Gasteiger charge is -2.25. The molecule has 0 bridgehead atoms. The van der Waals surface area contributed by atoms with Gasteiger partial charge in [-0.15, -0.1) is 0 Å². The number of aromatic nitrogens is 1. The fourth-order valence-electron chi connectivity index (χ4n) is 2.24. The van der Waals surface area contributed by atoms with Crippen LogP contribution >= 0.6 is 0 Å². The van der Waals surface area contributed by atoms with Crippen molar-refractivity contribution in [3.63, 3.8) is 0 Å². The van der Waals surface area contributed by atoms with Gasteiger partial charge < -0.3 is 11.1 Å². The Bertz CT molecular complexity index is 371. The first-order chi connectivity index (χ1) is 7.62. The topological polar surface area (TPSA) is 50.9 Å². The molecular weight excluding hydrogens is 205 g/mol. The minimum Gasteiger partial charge on any atom is -0.383 e. The summed E-state index contributed by atoms with van der Waals surface area (Å²) in [5.74, 6) is 0.329. The number of anilines is 1. The Labute approximate surface area is 95.3 Å². The molecule has 2 heterocycles. The highest BCUT2D eigenvalue weighted by Gasteiger charge is 2.34. The first-order valence-electron chi connectivity index (χ1n) is 5.74. The Morgan fingerprint density at radius 1 is 1.44 bits per heavy atom. The minimum absolute atomic E-state index is 0.329. The summed E-state index contributed by atoms with van der Waals surface area (Å²) >= 11 is 0. The maximum absolute atomic E-state index is 14.8. The number of halogens is 1. The second kappa shape index (κ2) is 4.37. The molecule has 4 heteroatoms. The maximum atomic E-state index is 14.8. The van der Waals surface area contributed by atoms with E-state index in [0.29, 0.717) is 30.8 Å². The van der Waals surface area contributed by atoms with Crippen LogP contribution in [0.3, 0.4) is 0 Å². The van der Waals surface area contributed by atoms with E-state index < -0.39 is 5.67 Å². The third-order valence-corrected chi connectivity index (χ3v) is 3.16. The van der Waals surface area contributed by atoms with Gasteiger partial charge in [0.15, 0.2) is 0 Å². The number of aryl methyl sites for hydroxylation is 1. The van der Waals surface area contributed by atoms with Crippen molar-refractivity contribution in [3.8, 4) is 0 Å². The van der Waals surface area contributed by atoms with Gasteiger partial charge in [0.05, 0.1) is 0 Å². The lowest BCUT2D eigenvalue weighted by Crippen LogP contribution is -2.24. The SMILES string of the molecule is Cc1cnc(N)c(C2(F)CCCNCC2)c1. The van der Waals surface area contributed by atoms with Crippen LogP contribution < -0.4 is 11.1 Å². The molecule has 0 spiro atoms. The highest BCUT2D eigenvalue weighted by atomic mass is 19.1. The molecule has 0 radical (unpaired) electrons. The molecule has 88 valence electrons. The molecule has 0 amide bonds. The third kappa shape index (κ3) is 2.16. The molecule has 1 atom stereocenters. The lowest BCUT2D eigenvalue weighted by atomic mass is 9.88. The van der Waals surface area contributed by atoms with Crippen LogP contribution in [0.25, 0.3) is 0 Å². The van der Waals surface area contributed by atoms with Gasteiger partial charge in [0, 0.05) is 11.8 Å². The smallest absolute Gasteiger partial charge is 0.140 e. The Balaban J connectivity index is 2.36. The molecule has 1 aliphatic heterocycles. The minimum atomic E-state index is -1.31. The standard InChI is InChI=1S/C12H18FN3/c1-9-7-10(11(14)16-8-9)12(13)3-2-5-15-6-4-12/h7-8,15H,2-6H2,1H3,(H2,14,16). The summed E-state index contributed by atoms with van der Waals surface area (Å²) < 4.78 is 14.8. The zero-order chi connectivity index (χ0) is 11.6. The molecule has 2 rings (SSSR count). The van der Waals surface area contributed by atoms with Crippen LogP contribution in [0, 0.1) is 6.92 Å². The molecule has 1 saturated heterocycles. The number of hydrogen-bond donors (Lipinski definition) is 2. The van der Waals surface area contributed by atoms with Crippen molar-refractivity contribution in [1.82, 2.24) is 10.3 Å². The Kier molecular flexibility index (Phi) is 3.10. The van der Waals surface area contributed by atoms with Gasteiger partial charge in [-0.25, -0.2) is 9.37 Å². The van der Waals surface area contributed by atoms with Gasteiger partial charge in [-0.1, -0.05) is 0 Å². The van der Waals surface area contributed by atoms with Crippen molar-refractivity contribution in [3.05, 3.63) is 23.4 Å². The fraction of sp³-hybridized carbons (Fsp3) is 0.583. The van der Waals surface area contributed by atoms with E-state index in [9.17, 15) is 4.39 Å². The summed E-state index contributed by atoms with van der Waals surface area (Å²) in [6.07, 6.45) is 3.51. The molecule has 0 aromatic carbocycles. The molecule has 1 aromatic heterocycles. The molecule has 1 aliphatic rings. The van der Waals surface area contributed by atoms with Crippen molar-refractivity contribution < 1.29 is 4.39 Å². The normalized spacial score (nSPS) is 26.4. The molecular formula is C12H18FN3. The van der Waals surface area contributed by atoms with E-state index >= 15 is 0 Å². The third-order valence-electron chi connectivity index (χ3n) is 3.16. The van der Waals surface area contributed by atoms with E-state index in [1.54, 1.807) is 6.20 Å². The van der Waals surface area contributed by atoms with Crippen LogP contribution in [0.5, 0.6) is 0 Å². The summed E-state index contributed by atoms with van der Waals surface area (Å²) in [6, 6.07) is 1.83. The second-order valence-corrected chi connectivity index (χ2v) is 4.51. The second-order valence-electron chi connectivity index (χ2n) is 4.51. The lowest BCUT2D eigenvalue weighted by molar-refractivity contribution is 0.145. The average molecular weight is 223 g/mol. The van der Waals surface area contributed by atoms with E-state index in [0.717, 1.165) is 18.5 Å². The summed E-state index contributed by atoms with van der Waals surface area (Å²) in [7, 11) is 0. The Morgan fingerprint density at radius 2 is 2.25 bits per heavy atom. The van der Waals surface area contributed by atoms with Gasteiger partial charge in [0.1, 0.15) is 11.5 Å². The van der Waals surface area contributed by atoms with Crippen molar-refractivity contribution in [1.29, 1.82) is 0 Å². The molecule has 0 aliphatic carbocycles. The number of pyridine rings is 1. The zero-order valence-electron chi connectivity index (χ0n) is 9.59. The molecule has 3 N–H and O–H groups in total. The van der Waals surface area contributed by atoms with Crippen molar-refractivity contribution in [2.75, 3.05) is 18.8 Å². The van der Waals surface area contributed by atoms with Gasteiger partial charge in [-0.3, -0.25) is 0 Å². The fourth-order valence-corrected chi connectivity index (χ4v) is 2.24. The summed E-state index contributed by atoms with van der Waals surface area (Å²) in [6.45, 7) is 3.49. The molecule has 16 heavy (non-hydrogen) atoms. The van der Waals surface area contributed by atoms with E-state index in [4.69, 9.17) is 5.73 Å². The first kappa shape index (κ1) is 11.3. The van der Waals surface area contributed by atoms with Crippen molar-refractivity contribution in [2.24, 2.45) is 0 Å². The number of rotatable bonds is 1. The van der Waals surface area contributed by atoms with E-state index in [-0.39, 0.29) is 0 Å². The molecule has 1 aromatic rings. The molecule has 3 nitrogen and oxygen atoms in total.